The monoisotopic (exact) mass is 244 g/mol. The number of rotatable bonds is 2. The van der Waals surface area contributed by atoms with E-state index < -0.39 is 0 Å². The van der Waals surface area contributed by atoms with Crippen LogP contribution >= 0.6 is 0 Å². The molecule has 0 radical (unpaired) electrons. The van der Waals surface area contributed by atoms with Crippen molar-refractivity contribution in [2.45, 2.75) is 45.1 Å². The zero-order chi connectivity index (χ0) is 12.6. The van der Waals surface area contributed by atoms with Gasteiger partial charge in [-0.25, -0.2) is 0 Å². The molecule has 0 spiro atoms. The Hall–Kier alpha value is -1.02. The molecule has 2 aliphatic rings. The van der Waals surface area contributed by atoms with Crippen LogP contribution in [-0.4, -0.2) is 25.2 Å². The maximum Gasteiger partial charge on any atom is 0.0370 e. The molecule has 0 amide bonds. The molecule has 1 heterocycles. The Morgan fingerprint density at radius 1 is 1.28 bits per heavy atom. The second-order valence-electron chi connectivity index (χ2n) is 6.07. The fraction of sp³-hybridized carbons (Fsp3) is 0.625. The van der Waals surface area contributed by atoms with Gasteiger partial charge in [-0.3, -0.25) is 0 Å². The average molecular weight is 244 g/mol. The third kappa shape index (κ3) is 2.14. The van der Waals surface area contributed by atoms with Gasteiger partial charge >= 0.3 is 0 Å². The van der Waals surface area contributed by atoms with Crippen LogP contribution in [0.3, 0.4) is 0 Å². The first-order valence-electron chi connectivity index (χ1n) is 7.32. The molecule has 1 aliphatic carbocycles. The predicted molar refractivity (Wildman–Crippen MR) is 77.4 cm³/mol. The summed E-state index contributed by atoms with van der Waals surface area (Å²) in [5, 5.41) is 3.66. The summed E-state index contributed by atoms with van der Waals surface area (Å²) in [5.41, 5.74) is 4.87. The van der Waals surface area contributed by atoms with E-state index in [1.54, 1.807) is 11.1 Å². The number of benzene rings is 1. The molecule has 1 unspecified atom stereocenters. The number of nitrogens with one attached hydrogen (secondary N) is 1. The van der Waals surface area contributed by atoms with Crippen LogP contribution in [0.25, 0.3) is 0 Å². The molecule has 0 bridgehead atoms. The first-order chi connectivity index (χ1) is 8.70. The van der Waals surface area contributed by atoms with E-state index in [-0.39, 0.29) is 5.54 Å². The molecule has 2 heteroatoms. The van der Waals surface area contributed by atoms with Gasteiger partial charge in [0.05, 0.1) is 0 Å². The Balaban J connectivity index is 1.82. The molecule has 0 aromatic heterocycles. The lowest BCUT2D eigenvalue weighted by molar-refractivity contribution is 0.314. The van der Waals surface area contributed by atoms with Crippen LogP contribution in [0.15, 0.2) is 18.2 Å². The minimum atomic E-state index is 0.275. The molecule has 1 N–H and O–H groups in total. The van der Waals surface area contributed by atoms with Gasteiger partial charge in [-0.05, 0) is 55.9 Å². The maximum absolute atomic E-state index is 3.66. The second-order valence-corrected chi connectivity index (χ2v) is 6.07. The van der Waals surface area contributed by atoms with Crippen molar-refractivity contribution < 1.29 is 0 Å². The molecule has 1 aliphatic heterocycles. The summed E-state index contributed by atoms with van der Waals surface area (Å²) in [5.74, 6) is 0. The van der Waals surface area contributed by atoms with Crippen molar-refractivity contribution in [3.05, 3.63) is 29.3 Å². The van der Waals surface area contributed by atoms with Crippen molar-refractivity contribution in [2.75, 3.05) is 24.5 Å². The molecule has 0 saturated carbocycles. The van der Waals surface area contributed by atoms with Crippen LogP contribution in [0.4, 0.5) is 5.69 Å². The number of hydrogen-bond donors (Lipinski definition) is 1. The average Bonchev–Trinajstić information content (AvgIpc) is 2.86. The largest absolute Gasteiger partial charge is 0.368 e. The Morgan fingerprint density at radius 3 is 2.94 bits per heavy atom. The fourth-order valence-electron chi connectivity index (χ4n) is 3.26. The van der Waals surface area contributed by atoms with Crippen LogP contribution in [0.5, 0.6) is 0 Å². The summed E-state index contributed by atoms with van der Waals surface area (Å²) in [6.45, 7) is 7.98. The molecule has 1 aromatic rings. The minimum Gasteiger partial charge on any atom is -0.368 e. The van der Waals surface area contributed by atoms with E-state index >= 15 is 0 Å². The third-order valence-corrected chi connectivity index (χ3v) is 4.70. The fourth-order valence-corrected chi connectivity index (χ4v) is 3.26. The van der Waals surface area contributed by atoms with E-state index in [1.807, 2.05) is 0 Å². The lowest BCUT2D eigenvalue weighted by atomic mass is 9.95. The van der Waals surface area contributed by atoms with E-state index in [4.69, 9.17) is 0 Å². The molecule has 98 valence electrons. The highest BCUT2D eigenvalue weighted by molar-refractivity contribution is 5.53. The van der Waals surface area contributed by atoms with E-state index in [0.717, 1.165) is 19.6 Å². The van der Waals surface area contributed by atoms with E-state index in [2.05, 4.69) is 42.3 Å². The third-order valence-electron chi connectivity index (χ3n) is 4.70. The molecule has 1 atom stereocenters. The van der Waals surface area contributed by atoms with Crippen LogP contribution in [0.1, 0.15) is 37.8 Å². The van der Waals surface area contributed by atoms with Crippen molar-refractivity contribution in [1.29, 1.82) is 0 Å². The number of nitrogens with zero attached hydrogens (tertiary/aromatic N) is 1. The molecular weight excluding hydrogens is 220 g/mol. The standard InChI is InChI=1S/C16H24N2/c1-3-16(2)12-18(10-9-17-16)15-8-7-13-5-4-6-14(13)11-15/h7-8,11,17H,3-6,9-10,12H2,1-2H3. The van der Waals surface area contributed by atoms with Crippen LogP contribution in [-0.2, 0) is 12.8 Å². The van der Waals surface area contributed by atoms with Crippen LogP contribution in [0, 0.1) is 0 Å². The minimum absolute atomic E-state index is 0.275. The van der Waals surface area contributed by atoms with Gasteiger partial charge in [0.15, 0.2) is 0 Å². The summed E-state index contributed by atoms with van der Waals surface area (Å²) < 4.78 is 0. The van der Waals surface area contributed by atoms with E-state index in [1.165, 1.54) is 31.4 Å². The molecule has 1 fully saturated rings. The van der Waals surface area contributed by atoms with Gasteiger partial charge in [-0.1, -0.05) is 13.0 Å². The highest BCUT2D eigenvalue weighted by Gasteiger charge is 2.29. The van der Waals surface area contributed by atoms with E-state index in [0.29, 0.717) is 0 Å². The summed E-state index contributed by atoms with van der Waals surface area (Å²) in [7, 11) is 0. The molecule has 2 nitrogen and oxygen atoms in total. The molecule has 1 saturated heterocycles. The number of anilines is 1. The Bertz CT molecular complexity index is 441. The molecule has 3 rings (SSSR count). The normalized spacial score (nSPS) is 27.3. The second kappa shape index (κ2) is 4.58. The Kier molecular flexibility index (Phi) is 3.06. The molecule has 18 heavy (non-hydrogen) atoms. The summed E-state index contributed by atoms with van der Waals surface area (Å²) in [6.07, 6.45) is 5.09. The van der Waals surface area contributed by atoms with Crippen molar-refractivity contribution >= 4 is 5.69 Å². The lowest BCUT2D eigenvalue weighted by Crippen LogP contribution is -2.58. The zero-order valence-corrected chi connectivity index (χ0v) is 11.6. The van der Waals surface area contributed by atoms with Gasteiger partial charge in [0.2, 0.25) is 0 Å². The SMILES string of the molecule is CCC1(C)CN(c2ccc3c(c2)CCC3)CCN1. The van der Waals surface area contributed by atoms with Gasteiger partial charge in [0.1, 0.15) is 0 Å². The van der Waals surface area contributed by atoms with Gasteiger partial charge in [-0.15, -0.1) is 0 Å². The summed E-state index contributed by atoms with van der Waals surface area (Å²) >= 11 is 0. The number of hydrogen-bond acceptors (Lipinski definition) is 2. The Labute approximate surface area is 110 Å². The summed E-state index contributed by atoms with van der Waals surface area (Å²) in [4.78, 5) is 2.55. The zero-order valence-electron chi connectivity index (χ0n) is 11.6. The highest BCUT2D eigenvalue weighted by atomic mass is 15.2. The summed E-state index contributed by atoms with van der Waals surface area (Å²) in [6, 6.07) is 7.11. The Morgan fingerprint density at radius 2 is 2.11 bits per heavy atom. The smallest absolute Gasteiger partial charge is 0.0370 e. The van der Waals surface area contributed by atoms with Gasteiger partial charge in [-0.2, -0.15) is 0 Å². The first-order valence-corrected chi connectivity index (χ1v) is 7.32. The molecule has 1 aromatic carbocycles. The number of fused-ring (bicyclic) bond motifs is 1. The van der Waals surface area contributed by atoms with E-state index in [9.17, 15) is 0 Å². The number of aryl methyl sites for hydroxylation is 2. The first kappa shape index (κ1) is 12.0. The van der Waals surface area contributed by atoms with Crippen LogP contribution in [0.2, 0.25) is 0 Å². The lowest BCUT2D eigenvalue weighted by Gasteiger charge is -2.42. The molecular formula is C16H24N2. The van der Waals surface area contributed by atoms with Crippen molar-refractivity contribution in [2.24, 2.45) is 0 Å². The van der Waals surface area contributed by atoms with Gasteiger partial charge in [0.25, 0.3) is 0 Å². The van der Waals surface area contributed by atoms with Gasteiger partial charge in [0, 0.05) is 30.9 Å². The topological polar surface area (TPSA) is 15.3 Å². The van der Waals surface area contributed by atoms with Crippen molar-refractivity contribution in [3.8, 4) is 0 Å². The number of piperazine rings is 1. The predicted octanol–water partition coefficient (Wildman–Crippen LogP) is 2.75. The quantitative estimate of drug-likeness (QED) is 0.860. The van der Waals surface area contributed by atoms with Gasteiger partial charge < -0.3 is 10.2 Å². The highest BCUT2D eigenvalue weighted by Crippen LogP contribution is 2.28. The van der Waals surface area contributed by atoms with Crippen molar-refractivity contribution in [1.82, 2.24) is 5.32 Å². The van der Waals surface area contributed by atoms with Crippen LogP contribution < -0.4 is 10.2 Å². The van der Waals surface area contributed by atoms with Crippen molar-refractivity contribution in [3.63, 3.8) is 0 Å². The maximum atomic E-state index is 3.66.